The van der Waals surface area contributed by atoms with E-state index in [1.165, 1.54) is 12.1 Å². The maximum atomic E-state index is 12.5. The number of hydrogen-bond acceptors (Lipinski definition) is 2. The number of carbonyl (C=O) groups is 1. The highest BCUT2D eigenvalue weighted by Gasteiger charge is 2.30. The second-order valence-corrected chi connectivity index (χ2v) is 5.24. The minimum Gasteiger partial charge on any atom is -0.326 e. The number of aryl methyl sites for hydroxylation is 1. The van der Waals surface area contributed by atoms with Gasteiger partial charge in [-0.25, -0.2) is 0 Å². The summed E-state index contributed by atoms with van der Waals surface area (Å²) in [4.78, 5) is 12.8. The highest BCUT2D eigenvalue weighted by molar-refractivity contribution is 7.09. The largest absolute Gasteiger partial charge is 0.416 e. The van der Waals surface area contributed by atoms with Crippen molar-refractivity contribution in [3.05, 3.63) is 52.2 Å². The Kier molecular flexibility index (Phi) is 4.44. The van der Waals surface area contributed by atoms with Crippen LogP contribution in [0.3, 0.4) is 0 Å². The molecule has 2 aromatic rings. The summed E-state index contributed by atoms with van der Waals surface area (Å²) in [6, 6.07) is 8.44. The summed E-state index contributed by atoms with van der Waals surface area (Å²) >= 11 is 1.55. The molecule has 1 N–H and O–H groups in total. The first kappa shape index (κ1) is 14.6. The van der Waals surface area contributed by atoms with Gasteiger partial charge in [-0.15, -0.1) is 11.3 Å². The number of thiophene rings is 1. The molecular weight excluding hydrogens is 287 g/mol. The Balaban J connectivity index is 1.94. The molecule has 1 aromatic carbocycles. The summed E-state index contributed by atoms with van der Waals surface area (Å²) < 4.78 is 37.6. The monoisotopic (exact) mass is 299 g/mol. The molecule has 20 heavy (non-hydrogen) atoms. The molecule has 0 atom stereocenters. The third kappa shape index (κ3) is 4.09. The van der Waals surface area contributed by atoms with E-state index in [2.05, 4.69) is 5.32 Å². The van der Waals surface area contributed by atoms with Gasteiger partial charge in [0.25, 0.3) is 0 Å². The van der Waals surface area contributed by atoms with E-state index in [-0.39, 0.29) is 18.0 Å². The van der Waals surface area contributed by atoms with E-state index in [9.17, 15) is 18.0 Å². The molecule has 0 aliphatic rings. The Hall–Kier alpha value is -1.82. The van der Waals surface area contributed by atoms with Crippen LogP contribution < -0.4 is 5.32 Å². The van der Waals surface area contributed by atoms with Crippen LogP contribution in [-0.2, 0) is 17.4 Å². The second-order valence-electron chi connectivity index (χ2n) is 4.21. The van der Waals surface area contributed by atoms with Crippen molar-refractivity contribution in [2.24, 2.45) is 0 Å². The van der Waals surface area contributed by atoms with E-state index in [0.29, 0.717) is 6.42 Å². The number of nitrogens with one attached hydrogen (secondary N) is 1. The molecule has 0 saturated heterocycles. The fourth-order valence-corrected chi connectivity index (χ4v) is 2.40. The summed E-state index contributed by atoms with van der Waals surface area (Å²) in [5.41, 5.74) is -0.607. The first-order chi connectivity index (χ1) is 9.45. The molecule has 0 unspecified atom stereocenters. The van der Waals surface area contributed by atoms with Gasteiger partial charge in [-0.2, -0.15) is 13.2 Å². The van der Waals surface area contributed by atoms with Gasteiger partial charge < -0.3 is 5.32 Å². The third-order valence-electron chi connectivity index (χ3n) is 2.65. The van der Waals surface area contributed by atoms with Crippen LogP contribution in [0.4, 0.5) is 18.9 Å². The molecule has 1 amide bonds. The molecule has 2 rings (SSSR count). The van der Waals surface area contributed by atoms with E-state index in [1.807, 2.05) is 17.5 Å². The SMILES string of the molecule is O=C(CCc1cccs1)Nc1cccc(C(F)(F)F)c1. The van der Waals surface area contributed by atoms with Crippen molar-refractivity contribution in [1.82, 2.24) is 0 Å². The van der Waals surface area contributed by atoms with Gasteiger partial charge in [0.1, 0.15) is 0 Å². The summed E-state index contributed by atoms with van der Waals surface area (Å²) in [7, 11) is 0. The van der Waals surface area contributed by atoms with Crippen LogP contribution >= 0.6 is 11.3 Å². The highest BCUT2D eigenvalue weighted by Crippen LogP contribution is 2.30. The van der Waals surface area contributed by atoms with Crippen LogP contribution in [0.15, 0.2) is 41.8 Å². The van der Waals surface area contributed by atoms with E-state index >= 15 is 0 Å². The Morgan fingerprint density at radius 3 is 2.65 bits per heavy atom. The first-order valence-corrected chi connectivity index (χ1v) is 6.82. The van der Waals surface area contributed by atoms with Gasteiger partial charge in [0, 0.05) is 17.0 Å². The average Bonchev–Trinajstić information content (AvgIpc) is 2.89. The predicted octanol–water partition coefficient (Wildman–Crippen LogP) is 4.34. The molecule has 106 valence electrons. The summed E-state index contributed by atoms with van der Waals surface area (Å²) in [5, 5.41) is 4.40. The van der Waals surface area contributed by atoms with Crippen LogP contribution in [0, 0.1) is 0 Å². The van der Waals surface area contributed by atoms with Crippen LogP contribution in [0.2, 0.25) is 0 Å². The molecule has 2 nitrogen and oxygen atoms in total. The van der Waals surface area contributed by atoms with Gasteiger partial charge >= 0.3 is 6.18 Å². The van der Waals surface area contributed by atoms with Crippen molar-refractivity contribution in [1.29, 1.82) is 0 Å². The van der Waals surface area contributed by atoms with Gasteiger partial charge in [0.05, 0.1) is 5.56 Å². The summed E-state index contributed by atoms with van der Waals surface area (Å²) in [5.74, 6) is -0.294. The van der Waals surface area contributed by atoms with Crippen LogP contribution in [0.25, 0.3) is 0 Å². The first-order valence-electron chi connectivity index (χ1n) is 5.94. The van der Waals surface area contributed by atoms with Gasteiger partial charge in [0.2, 0.25) is 5.91 Å². The summed E-state index contributed by atoms with van der Waals surface area (Å²) in [6.07, 6.45) is -3.57. The van der Waals surface area contributed by atoms with Crippen LogP contribution in [-0.4, -0.2) is 5.91 Å². The number of carbonyl (C=O) groups excluding carboxylic acids is 1. The number of hydrogen-bond donors (Lipinski definition) is 1. The van der Waals surface area contributed by atoms with E-state index < -0.39 is 11.7 Å². The normalized spacial score (nSPS) is 11.3. The zero-order valence-corrected chi connectivity index (χ0v) is 11.2. The third-order valence-corrected chi connectivity index (χ3v) is 3.59. The zero-order chi connectivity index (χ0) is 14.6. The number of anilines is 1. The van der Waals surface area contributed by atoms with Crippen molar-refractivity contribution >= 4 is 22.9 Å². The molecule has 0 bridgehead atoms. The van der Waals surface area contributed by atoms with Crippen molar-refractivity contribution in [3.63, 3.8) is 0 Å². The molecule has 6 heteroatoms. The van der Waals surface area contributed by atoms with E-state index in [1.54, 1.807) is 11.3 Å². The van der Waals surface area contributed by atoms with Gasteiger partial charge in [-0.3, -0.25) is 4.79 Å². The molecule has 1 aromatic heterocycles. The van der Waals surface area contributed by atoms with Crippen LogP contribution in [0.5, 0.6) is 0 Å². The molecule has 0 radical (unpaired) electrons. The van der Waals surface area contributed by atoms with Crippen molar-refractivity contribution in [3.8, 4) is 0 Å². The van der Waals surface area contributed by atoms with Gasteiger partial charge in [0.15, 0.2) is 0 Å². The summed E-state index contributed by atoms with van der Waals surface area (Å²) in [6.45, 7) is 0. The number of benzene rings is 1. The Bertz CT molecular complexity index is 578. The number of amides is 1. The van der Waals surface area contributed by atoms with E-state index in [4.69, 9.17) is 0 Å². The average molecular weight is 299 g/mol. The van der Waals surface area contributed by atoms with Crippen molar-refractivity contribution in [2.45, 2.75) is 19.0 Å². The number of halogens is 3. The molecule has 0 aliphatic heterocycles. The Morgan fingerprint density at radius 1 is 1.20 bits per heavy atom. The topological polar surface area (TPSA) is 29.1 Å². The molecule has 0 saturated carbocycles. The number of alkyl halides is 3. The van der Waals surface area contributed by atoms with Crippen LogP contribution in [0.1, 0.15) is 16.9 Å². The fourth-order valence-electron chi connectivity index (χ4n) is 1.69. The fraction of sp³-hybridized carbons (Fsp3) is 0.214. The minimum absolute atomic E-state index is 0.163. The lowest BCUT2D eigenvalue weighted by atomic mass is 10.2. The lowest BCUT2D eigenvalue weighted by Gasteiger charge is -2.09. The Morgan fingerprint density at radius 2 is 2.00 bits per heavy atom. The van der Waals surface area contributed by atoms with E-state index in [0.717, 1.165) is 17.0 Å². The molecule has 0 spiro atoms. The molecule has 1 heterocycles. The lowest BCUT2D eigenvalue weighted by molar-refractivity contribution is -0.137. The smallest absolute Gasteiger partial charge is 0.326 e. The van der Waals surface area contributed by atoms with Gasteiger partial charge in [-0.1, -0.05) is 12.1 Å². The minimum atomic E-state index is -4.41. The van der Waals surface area contributed by atoms with Crippen molar-refractivity contribution in [2.75, 3.05) is 5.32 Å². The highest BCUT2D eigenvalue weighted by atomic mass is 32.1. The maximum Gasteiger partial charge on any atom is 0.416 e. The standard InChI is InChI=1S/C14H12F3NOS/c15-14(16,17)10-3-1-4-11(9-10)18-13(19)7-6-12-5-2-8-20-12/h1-5,8-9H,6-7H2,(H,18,19). The zero-order valence-electron chi connectivity index (χ0n) is 10.4. The maximum absolute atomic E-state index is 12.5. The number of rotatable bonds is 4. The van der Waals surface area contributed by atoms with Crippen molar-refractivity contribution < 1.29 is 18.0 Å². The quantitative estimate of drug-likeness (QED) is 0.894. The lowest BCUT2D eigenvalue weighted by Crippen LogP contribution is -2.13. The second kappa shape index (κ2) is 6.09. The molecular formula is C14H12F3NOS. The van der Waals surface area contributed by atoms with Gasteiger partial charge in [-0.05, 0) is 36.1 Å². The predicted molar refractivity (Wildman–Crippen MR) is 72.7 cm³/mol. The molecule has 0 aliphatic carbocycles. The molecule has 0 fully saturated rings. The Labute approximate surface area is 118 Å².